The lowest BCUT2D eigenvalue weighted by atomic mass is 10.1. The molecule has 2 saturated heterocycles. The van der Waals surface area contributed by atoms with Crippen LogP contribution in [0.4, 0.5) is 26.6 Å². The van der Waals surface area contributed by atoms with Crippen molar-refractivity contribution in [2.45, 2.75) is 31.0 Å². The molecule has 3 N–H and O–H groups in total. The number of cyclic esters (lactones) is 1. The summed E-state index contributed by atoms with van der Waals surface area (Å²) >= 11 is 1.04. The minimum Gasteiger partial charge on any atom is -0.492 e. The number of anilines is 3. The van der Waals surface area contributed by atoms with Crippen molar-refractivity contribution in [3.63, 3.8) is 0 Å². The number of aromatic nitrogens is 4. The number of carbonyl (C=O) groups is 2. The van der Waals surface area contributed by atoms with Gasteiger partial charge in [0.15, 0.2) is 29.8 Å². The molecule has 4 aromatic rings. The highest BCUT2D eigenvalue weighted by Crippen LogP contribution is 2.42. The summed E-state index contributed by atoms with van der Waals surface area (Å²) in [5.74, 6) is -0.0711. The zero-order valence-electron chi connectivity index (χ0n) is 21.9. The second-order valence-corrected chi connectivity index (χ2v) is 11.5. The van der Waals surface area contributed by atoms with Gasteiger partial charge in [0.2, 0.25) is 11.3 Å². The molecule has 42 heavy (non-hydrogen) atoms. The van der Waals surface area contributed by atoms with Gasteiger partial charge in [-0.05, 0) is 42.6 Å². The molecule has 7 heterocycles. The van der Waals surface area contributed by atoms with Gasteiger partial charge >= 0.3 is 6.09 Å². The van der Waals surface area contributed by atoms with E-state index in [-0.39, 0.29) is 59.4 Å². The normalized spacial score (nSPS) is 20.5. The van der Waals surface area contributed by atoms with Gasteiger partial charge in [-0.15, -0.1) is 0 Å². The Labute approximate surface area is 239 Å². The maximum absolute atomic E-state index is 15.2. The average Bonchev–Trinajstić information content (AvgIpc) is 3.61. The molecule has 1 atom stereocenters. The summed E-state index contributed by atoms with van der Waals surface area (Å²) in [6.45, 7) is 1.52. The lowest BCUT2D eigenvalue weighted by Crippen LogP contribution is -2.59. The number of aromatic hydroxyl groups is 1. The third-order valence-electron chi connectivity index (χ3n) is 7.85. The van der Waals surface area contributed by atoms with E-state index < -0.39 is 23.4 Å². The molecule has 0 radical (unpaired) electrons. The zero-order valence-corrected chi connectivity index (χ0v) is 22.7. The van der Waals surface area contributed by atoms with Crippen molar-refractivity contribution < 1.29 is 28.6 Å². The van der Waals surface area contributed by atoms with Crippen molar-refractivity contribution in [1.82, 2.24) is 24.2 Å². The summed E-state index contributed by atoms with van der Waals surface area (Å²) < 4.78 is 31.9. The van der Waals surface area contributed by atoms with Gasteiger partial charge in [-0.2, -0.15) is 4.37 Å². The number of carbonyl (C=O) groups excluding carboxylic acids is 2. The quantitative estimate of drug-likeness (QED) is 0.298. The van der Waals surface area contributed by atoms with Crippen LogP contribution in [0, 0.1) is 5.82 Å². The van der Waals surface area contributed by atoms with Crippen LogP contribution in [0.5, 0.6) is 11.6 Å². The van der Waals surface area contributed by atoms with Crippen LogP contribution in [-0.4, -0.2) is 80.9 Å². The van der Waals surface area contributed by atoms with E-state index in [1.807, 2.05) is 4.57 Å². The predicted octanol–water partition coefficient (Wildman–Crippen LogP) is 1.72. The van der Waals surface area contributed by atoms with Gasteiger partial charge in [-0.3, -0.25) is 14.5 Å². The number of fused-ring (bicyclic) bond motifs is 3. The van der Waals surface area contributed by atoms with Gasteiger partial charge in [-0.1, -0.05) is 0 Å². The number of hydrogen-bond acceptors (Lipinski definition) is 12. The number of pyridine rings is 3. The first-order valence-electron chi connectivity index (χ1n) is 13.5. The maximum Gasteiger partial charge on any atom is 0.416 e. The second kappa shape index (κ2) is 9.22. The Balaban J connectivity index is 0.944. The van der Waals surface area contributed by atoms with E-state index in [1.165, 1.54) is 11.0 Å². The Morgan fingerprint density at radius 1 is 1.17 bits per heavy atom. The Kier molecular flexibility index (Phi) is 5.52. The summed E-state index contributed by atoms with van der Waals surface area (Å²) in [4.78, 5) is 49.9. The van der Waals surface area contributed by atoms with Gasteiger partial charge in [0.05, 0.1) is 11.9 Å². The first-order valence-corrected chi connectivity index (χ1v) is 14.2. The molecule has 0 spiro atoms. The molecule has 0 unspecified atom stereocenters. The fraction of sp³-hybridized carbons (Fsp3) is 0.385. The molecule has 3 fully saturated rings. The van der Waals surface area contributed by atoms with Gasteiger partial charge in [0.1, 0.15) is 27.8 Å². The molecular formula is C26H23FN8O6S. The molecule has 2 amide bonds. The third kappa shape index (κ3) is 4.00. The first kappa shape index (κ1) is 25.2. The number of halogens is 1. The van der Waals surface area contributed by atoms with E-state index in [9.17, 15) is 19.5 Å². The molecule has 8 rings (SSSR count). The van der Waals surface area contributed by atoms with E-state index in [1.54, 1.807) is 17.0 Å². The largest absolute Gasteiger partial charge is 0.492 e. The number of amides is 2. The lowest BCUT2D eigenvalue weighted by molar-refractivity contribution is -0.118. The maximum atomic E-state index is 15.2. The smallest absolute Gasteiger partial charge is 0.416 e. The molecule has 216 valence electrons. The van der Waals surface area contributed by atoms with Crippen LogP contribution >= 0.6 is 11.5 Å². The summed E-state index contributed by atoms with van der Waals surface area (Å²) in [7, 11) is 0. The highest BCUT2D eigenvalue weighted by molar-refractivity contribution is 7.13. The van der Waals surface area contributed by atoms with Crippen LogP contribution in [0.1, 0.15) is 18.9 Å². The molecule has 16 heteroatoms. The number of ether oxygens (including phenoxy) is 2. The van der Waals surface area contributed by atoms with E-state index >= 15 is 4.39 Å². The van der Waals surface area contributed by atoms with Crippen molar-refractivity contribution in [1.29, 1.82) is 0 Å². The molecule has 4 aliphatic rings. The molecule has 14 nitrogen and oxygen atoms in total. The third-order valence-corrected chi connectivity index (χ3v) is 8.69. The topological polar surface area (TPSA) is 164 Å². The number of nitrogens with one attached hydrogen (secondary N) is 2. The molecular weight excluding hydrogens is 571 g/mol. The highest BCUT2D eigenvalue weighted by Gasteiger charge is 2.37. The van der Waals surface area contributed by atoms with Gasteiger partial charge in [0, 0.05) is 31.7 Å². The molecule has 3 aliphatic heterocycles. The van der Waals surface area contributed by atoms with Crippen LogP contribution in [0.3, 0.4) is 0 Å². The van der Waals surface area contributed by atoms with Crippen LogP contribution in [0.15, 0.2) is 23.0 Å². The standard InChI is InChI=1S/C26H23FN8O6S/c27-15-5-14-20(37)19-24(38)32-42-25(19)35(12-1-2-12)22(14)31-23(15)33-7-11(8-33)28-6-13-9-34(26(39)41-13)17-4-3-16-21(29-17)30-18(36)10-40-16/h3-5,11-13,28H,1-2,6-10H2,(H,32,38)(H,29,30,36)/t13-/m0/s1. The summed E-state index contributed by atoms with van der Waals surface area (Å²) in [5, 5.41) is 16.4. The molecule has 1 saturated carbocycles. The fourth-order valence-electron chi connectivity index (χ4n) is 5.58. The monoisotopic (exact) mass is 594 g/mol. The summed E-state index contributed by atoms with van der Waals surface area (Å²) in [6, 6.07) is 4.62. The van der Waals surface area contributed by atoms with Gasteiger partial charge in [0.25, 0.3) is 5.91 Å². The van der Waals surface area contributed by atoms with E-state index in [0.717, 1.165) is 24.4 Å². The highest BCUT2D eigenvalue weighted by atomic mass is 32.1. The van der Waals surface area contributed by atoms with E-state index in [0.29, 0.717) is 41.7 Å². The Morgan fingerprint density at radius 2 is 2.00 bits per heavy atom. The SMILES string of the molecule is O=C1COc2ccc(N3C[C@H](CNC4CN(c5nc6c(cc5F)c(=O)c5c(O)nsc5n6C5CC5)C4)OC3=O)nc2N1. The lowest BCUT2D eigenvalue weighted by Gasteiger charge is -2.41. The Hall–Kier alpha value is -4.57. The zero-order chi connectivity index (χ0) is 28.7. The first-order chi connectivity index (χ1) is 20.3. The number of nitrogens with zero attached hydrogens (tertiary/aromatic N) is 6. The van der Waals surface area contributed by atoms with Crippen molar-refractivity contribution in [2.24, 2.45) is 0 Å². The Bertz CT molecular complexity index is 1870. The average molecular weight is 595 g/mol. The molecule has 0 aromatic carbocycles. The van der Waals surface area contributed by atoms with E-state index in [2.05, 4.69) is 25.0 Å². The van der Waals surface area contributed by atoms with Crippen molar-refractivity contribution in [3.8, 4) is 11.6 Å². The van der Waals surface area contributed by atoms with Crippen LogP contribution in [-0.2, 0) is 9.53 Å². The predicted molar refractivity (Wildman–Crippen MR) is 149 cm³/mol. The van der Waals surface area contributed by atoms with Gasteiger partial charge < -0.3 is 34.7 Å². The summed E-state index contributed by atoms with van der Waals surface area (Å²) in [5.41, 5.74) is -0.0839. The minimum atomic E-state index is -0.609. The molecule has 1 aliphatic carbocycles. The molecule has 0 bridgehead atoms. The molecule has 4 aromatic heterocycles. The Morgan fingerprint density at radius 3 is 2.81 bits per heavy atom. The van der Waals surface area contributed by atoms with Crippen LogP contribution in [0.25, 0.3) is 21.3 Å². The van der Waals surface area contributed by atoms with Gasteiger partial charge in [-0.25, -0.2) is 19.2 Å². The second-order valence-electron chi connectivity index (χ2n) is 10.8. The summed E-state index contributed by atoms with van der Waals surface area (Å²) in [6.07, 6.45) is 0.843. The minimum absolute atomic E-state index is 0.00966. The van der Waals surface area contributed by atoms with Crippen LogP contribution < -0.4 is 30.6 Å². The van der Waals surface area contributed by atoms with Crippen molar-refractivity contribution >= 4 is 62.2 Å². The van der Waals surface area contributed by atoms with Crippen molar-refractivity contribution in [3.05, 3.63) is 34.2 Å². The van der Waals surface area contributed by atoms with E-state index in [4.69, 9.17) is 9.47 Å². The fourth-order valence-corrected chi connectivity index (χ4v) is 6.44. The number of rotatable bonds is 6. The number of hydrogen-bond donors (Lipinski definition) is 3. The van der Waals surface area contributed by atoms with Crippen molar-refractivity contribution in [2.75, 3.05) is 47.9 Å². The van der Waals surface area contributed by atoms with Crippen LogP contribution in [0.2, 0.25) is 0 Å².